The van der Waals surface area contributed by atoms with Gasteiger partial charge in [-0.1, -0.05) is 44.9 Å². The Balaban J connectivity index is 1.64. The van der Waals surface area contributed by atoms with Crippen molar-refractivity contribution in [2.45, 2.75) is 84.3 Å². The molecule has 1 unspecified atom stereocenters. The lowest BCUT2D eigenvalue weighted by Crippen LogP contribution is -2.43. The van der Waals surface area contributed by atoms with E-state index in [9.17, 15) is 9.90 Å². The van der Waals surface area contributed by atoms with E-state index < -0.39 is 0 Å². The van der Waals surface area contributed by atoms with Crippen LogP contribution in [-0.2, 0) is 4.74 Å². The van der Waals surface area contributed by atoms with Gasteiger partial charge in [-0.3, -0.25) is 0 Å². The number of esters is 1. The molecule has 6 atom stereocenters. The van der Waals surface area contributed by atoms with Gasteiger partial charge < -0.3 is 9.84 Å². The summed E-state index contributed by atoms with van der Waals surface area (Å²) in [7, 11) is 0. The Morgan fingerprint density at radius 3 is 2.63 bits per heavy atom. The van der Waals surface area contributed by atoms with Gasteiger partial charge in [0.1, 0.15) is 6.10 Å². The quantitative estimate of drug-likeness (QED) is 0.632. The molecular weight excluding hydrogens is 336 g/mol. The molecule has 0 amide bonds. The van der Waals surface area contributed by atoms with Crippen molar-refractivity contribution in [3.05, 3.63) is 35.9 Å². The summed E-state index contributed by atoms with van der Waals surface area (Å²) in [5.74, 6) is 1.69. The van der Waals surface area contributed by atoms with Crippen molar-refractivity contribution in [2.24, 2.45) is 23.2 Å². The number of hydrogen-bond acceptors (Lipinski definition) is 3. The van der Waals surface area contributed by atoms with Crippen molar-refractivity contribution in [3.63, 3.8) is 0 Å². The Kier molecular flexibility index (Phi) is 6.62. The van der Waals surface area contributed by atoms with Gasteiger partial charge in [-0.25, -0.2) is 4.79 Å². The number of aliphatic hydroxyl groups is 1. The fraction of sp³-hybridized carbons (Fsp3) is 0.708. The second-order valence-electron chi connectivity index (χ2n) is 9.26. The summed E-state index contributed by atoms with van der Waals surface area (Å²) in [5.41, 5.74) is 0.940. The predicted octanol–water partition coefficient (Wildman–Crippen LogP) is 5.62. The van der Waals surface area contributed by atoms with Gasteiger partial charge in [0.05, 0.1) is 11.7 Å². The summed E-state index contributed by atoms with van der Waals surface area (Å²) >= 11 is 0. The Morgan fingerprint density at radius 1 is 1.19 bits per heavy atom. The van der Waals surface area contributed by atoms with Crippen LogP contribution in [0, 0.1) is 23.2 Å². The van der Waals surface area contributed by atoms with Gasteiger partial charge in [-0.15, -0.1) is 0 Å². The maximum Gasteiger partial charge on any atom is 0.338 e. The van der Waals surface area contributed by atoms with E-state index >= 15 is 0 Å². The van der Waals surface area contributed by atoms with E-state index in [0.717, 1.165) is 25.7 Å². The first-order chi connectivity index (χ1) is 12.9. The van der Waals surface area contributed by atoms with Crippen molar-refractivity contribution >= 4 is 5.97 Å². The number of carbonyl (C=O) groups excluding carboxylic acids is 1. The zero-order valence-electron chi connectivity index (χ0n) is 17.2. The highest BCUT2D eigenvalue weighted by molar-refractivity contribution is 5.89. The van der Waals surface area contributed by atoms with Gasteiger partial charge >= 0.3 is 5.97 Å². The summed E-state index contributed by atoms with van der Waals surface area (Å²) in [5, 5.41) is 9.53. The van der Waals surface area contributed by atoms with Crippen LogP contribution < -0.4 is 0 Å². The normalized spacial score (nSPS) is 32.5. The first kappa shape index (κ1) is 20.4. The fourth-order valence-corrected chi connectivity index (χ4v) is 5.95. The average Bonchev–Trinajstić information content (AvgIpc) is 3.00. The molecule has 0 spiro atoms. The van der Waals surface area contributed by atoms with Gasteiger partial charge in [0.15, 0.2) is 0 Å². The molecule has 0 heterocycles. The molecule has 0 bridgehead atoms. The Hall–Kier alpha value is -1.35. The third-order valence-corrected chi connectivity index (χ3v) is 7.37. The van der Waals surface area contributed by atoms with Gasteiger partial charge in [0.25, 0.3) is 0 Å². The molecule has 3 nitrogen and oxygen atoms in total. The molecule has 1 aromatic carbocycles. The Morgan fingerprint density at radius 2 is 1.93 bits per heavy atom. The summed E-state index contributed by atoms with van der Waals surface area (Å²) in [6.45, 7) is 6.72. The van der Waals surface area contributed by atoms with E-state index in [-0.39, 0.29) is 23.6 Å². The fourth-order valence-electron chi connectivity index (χ4n) is 5.95. The molecule has 3 rings (SSSR count). The van der Waals surface area contributed by atoms with Crippen molar-refractivity contribution in [1.29, 1.82) is 0 Å². The summed E-state index contributed by atoms with van der Waals surface area (Å²) in [6.07, 6.45) is 8.88. The second-order valence-corrected chi connectivity index (χ2v) is 9.26. The summed E-state index contributed by atoms with van der Waals surface area (Å²) in [4.78, 5) is 12.6. The van der Waals surface area contributed by atoms with Crippen LogP contribution in [0.4, 0.5) is 0 Å². The first-order valence-electron chi connectivity index (χ1n) is 10.9. The van der Waals surface area contributed by atoms with Crippen molar-refractivity contribution in [1.82, 2.24) is 0 Å². The molecule has 2 aliphatic carbocycles. The molecule has 1 N–H and O–H groups in total. The largest absolute Gasteiger partial charge is 0.458 e. The van der Waals surface area contributed by atoms with E-state index in [1.807, 2.05) is 37.3 Å². The molecule has 0 radical (unpaired) electrons. The number of benzene rings is 1. The van der Waals surface area contributed by atoms with E-state index in [2.05, 4.69) is 13.8 Å². The maximum atomic E-state index is 12.6. The smallest absolute Gasteiger partial charge is 0.338 e. The highest BCUT2D eigenvalue weighted by Crippen LogP contribution is 2.58. The molecule has 2 aliphatic rings. The second kappa shape index (κ2) is 8.77. The van der Waals surface area contributed by atoms with E-state index in [4.69, 9.17) is 4.74 Å². The van der Waals surface area contributed by atoms with Gasteiger partial charge in [-0.2, -0.15) is 0 Å². The van der Waals surface area contributed by atoms with Crippen molar-refractivity contribution in [2.75, 3.05) is 0 Å². The lowest BCUT2D eigenvalue weighted by atomic mass is 9.61. The number of aliphatic hydroxyl groups excluding tert-OH is 1. The van der Waals surface area contributed by atoms with Crippen LogP contribution in [-0.4, -0.2) is 23.3 Å². The minimum Gasteiger partial charge on any atom is -0.458 e. The summed E-state index contributed by atoms with van der Waals surface area (Å²) in [6, 6.07) is 9.39. The third kappa shape index (κ3) is 4.56. The highest BCUT2D eigenvalue weighted by Gasteiger charge is 2.53. The van der Waals surface area contributed by atoms with Crippen LogP contribution in [0.3, 0.4) is 0 Å². The number of fused-ring (bicyclic) bond motifs is 1. The third-order valence-electron chi connectivity index (χ3n) is 7.37. The lowest BCUT2D eigenvalue weighted by Gasteiger charge is -2.46. The molecule has 0 saturated heterocycles. The molecule has 0 aliphatic heterocycles. The zero-order chi connectivity index (χ0) is 19.4. The molecular formula is C24H36O3. The van der Waals surface area contributed by atoms with Gasteiger partial charge in [0, 0.05) is 5.92 Å². The zero-order valence-corrected chi connectivity index (χ0v) is 17.2. The number of carbonyl (C=O) groups is 1. The van der Waals surface area contributed by atoms with Crippen LogP contribution in [0.2, 0.25) is 0 Å². The monoisotopic (exact) mass is 372 g/mol. The van der Waals surface area contributed by atoms with E-state index in [0.29, 0.717) is 23.3 Å². The van der Waals surface area contributed by atoms with Crippen molar-refractivity contribution < 1.29 is 14.6 Å². The molecule has 150 valence electrons. The van der Waals surface area contributed by atoms with Crippen LogP contribution in [0.15, 0.2) is 30.3 Å². The van der Waals surface area contributed by atoms with Crippen LogP contribution in [0.5, 0.6) is 0 Å². The molecule has 1 aromatic rings. The topological polar surface area (TPSA) is 46.5 Å². The Labute approximate surface area is 164 Å². The highest BCUT2D eigenvalue weighted by atomic mass is 16.5. The van der Waals surface area contributed by atoms with E-state index in [1.54, 1.807) is 0 Å². The van der Waals surface area contributed by atoms with Crippen LogP contribution in [0.25, 0.3) is 0 Å². The summed E-state index contributed by atoms with van der Waals surface area (Å²) < 4.78 is 6.03. The minimum atomic E-state index is -0.194. The number of ether oxygens (including phenoxy) is 1. The van der Waals surface area contributed by atoms with Crippen LogP contribution >= 0.6 is 0 Å². The standard InChI is InChI=1S/C24H36O3/c1-17(9-7-10-18(2)25)20-14-15-21-22(13-8-16-24(20,21)3)27-23(26)19-11-5-4-6-12-19/h4-6,11-12,17-18,20-22,25H,7-10,13-16H2,1-3H3/t17-,18-,20+,21-,22?,24+/m0/s1. The molecule has 0 aromatic heterocycles. The van der Waals surface area contributed by atoms with Gasteiger partial charge in [-0.05, 0) is 74.8 Å². The lowest BCUT2D eigenvalue weighted by molar-refractivity contribution is -0.0474. The molecule has 2 saturated carbocycles. The molecule has 3 heteroatoms. The first-order valence-corrected chi connectivity index (χ1v) is 10.9. The molecule has 2 fully saturated rings. The van der Waals surface area contributed by atoms with E-state index in [1.165, 1.54) is 25.7 Å². The van der Waals surface area contributed by atoms with Gasteiger partial charge in [0.2, 0.25) is 0 Å². The predicted molar refractivity (Wildman–Crippen MR) is 109 cm³/mol. The SMILES string of the molecule is C[C@H](O)CCC[C@H](C)[C@H]1CC[C@H]2C(OC(=O)c3ccccc3)CCC[C@]12C. The molecule has 27 heavy (non-hydrogen) atoms. The Bertz CT molecular complexity index is 611. The minimum absolute atomic E-state index is 0.0612. The maximum absolute atomic E-state index is 12.6. The number of rotatable bonds is 7. The average molecular weight is 373 g/mol. The van der Waals surface area contributed by atoms with Crippen LogP contribution in [0.1, 0.15) is 82.5 Å². The number of hydrogen-bond donors (Lipinski definition) is 1. The van der Waals surface area contributed by atoms with Crippen molar-refractivity contribution in [3.8, 4) is 0 Å².